The van der Waals surface area contributed by atoms with Gasteiger partial charge in [-0.25, -0.2) is 0 Å². The minimum absolute atomic E-state index is 0.00810. The molecule has 4 atom stereocenters. The molecule has 0 bridgehead atoms. The van der Waals surface area contributed by atoms with Gasteiger partial charge in [-0.2, -0.15) is 0 Å². The van der Waals surface area contributed by atoms with E-state index in [0.717, 1.165) is 6.42 Å². The Balaban J connectivity index is 2.51. The van der Waals surface area contributed by atoms with Crippen LogP contribution in [0.3, 0.4) is 0 Å². The van der Waals surface area contributed by atoms with Crippen LogP contribution in [0.4, 0.5) is 0 Å². The first kappa shape index (κ1) is 8.97. The number of aliphatic hydroxyl groups excluding tert-OH is 2. The summed E-state index contributed by atoms with van der Waals surface area (Å²) in [6.07, 6.45) is 0.0102. The minimum Gasteiger partial charge on any atom is -0.393 e. The highest BCUT2D eigenvalue weighted by molar-refractivity contribution is 4.78. The number of hydrogen-bond donors (Lipinski definition) is 2. The van der Waals surface area contributed by atoms with Crippen molar-refractivity contribution in [3.63, 3.8) is 0 Å². The quantitative estimate of drug-likeness (QED) is 0.587. The van der Waals surface area contributed by atoms with Crippen molar-refractivity contribution in [3.05, 3.63) is 0 Å². The molecule has 66 valence electrons. The van der Waals surface area contributed by atoms with Crippen LogP contribution < -0.4 is 0 Å². The first-order valence-corrected chi connectivity index (χ1v) is 4.16. The van der Waals surface area contributed by atoms with Crippen molar-refractivity contribution in [2.75, 3.05) is 0 Å². The largest absolute Gasteiger partial charge is 0.393 e. The summed E-state index contributed by atoms with van der Waals surface area (Å²) in [4.78, 5) is 0. The summed E-state index contributed by atoms with van der Waals surface area (Å²) in [7, 11) is 0. The predicted octanol–water partition coefficient (Wildman–Crippen LogP) is 0.501. The van der Waals surface area contributed by atoms with Crippen molar-refractivity contribution < 1.29 is 14.9 Å². The monoisotopic (exact) mass is 160 g/mol. The first-order valence-electron chi connectivity index (χ1n) is 4.16. The molecule has 3 heteroatoms. The molecular weight excluding hydrogens is 144 g/mol. The molecule has 1 saturated heterocycles. The van der Waals surface area contributed by atoms with E-state index >= 15 is 0 Å². The molecule has 2 N–H and O–H groups in total. The van der Waals surface area contributed by atoms with E-state index in [2.05, 4.69) is 0 Å². The third-order valence-electron chi connectivity index (χ3n) is 2.37. The van der Waals surface area contributed by atoms with Gasteiger partial charge in [0.25, 0.3) is 0 Å². The van der Waals surface area contributed by atoms with Gasteiger partial charge < -0.3 is 14.9 Å². The third kappa shape index (κ3) is 1.92. The highest BCUT2D eigenvalue weighted by Crippen LogP contribution is 2.25. The van der Waals surface area contributed by atoms with E-state index < -0.39 is 12.4 Å². The SMILES string of the molecule is CC[C@H]1OC(O)C[C@@H](O)[C@H]1C. The Bertz CT molecular complexity index is 127. The van der Waals surface area contributed by atoms with Crippen LogP contribution in [-0.2, 0) is 4.74 Å². The number of aliphatic hydroxyl groups is 2. The van der Waals surface area contributed by atoms with Gasteiger partial charge in [0.15, 0.2) is 6.29 Å². The molecule has 0 saturated carbocycles. The Morgan fingerprint density at radius 3 is 2.64 bits per heavy atom. The minimum atomic E-state index is -0.772. The highest BCUT2D eigenvalue weighted by atomic mass is 16.6. The van der Waals surface area contributed by atoms with Crippen LogP contribution in [0.5, 0.6) is 0 Å². The Kier molecular flexibility index (Phi) is 2.87. The Morgan fingerprint density at radius 1 is 1.45 bits per heavy atom. The number of hydrogen-bond acceptors (Lipinski definition) is 3. The zero-order valence-electron chi connectivity index (χ0n) is 7.03. The molecule has 0 aromatic heterocycles. The topological polar surface area (TPSA) is 49.7 Å². The lowest BCUT2D eigenvalue weighted by Gasteiger charge is -2.35. The second-order valence-electron chi connectivity index (χ2n) is 3.20. The maximum Gasteiger partial charge on any atom is 0.157 e. The molecule has 1 unspecified atom stereocenters. The molecule has 3 nitrogen and oxygen atoms in total. The summed E-state index contributed by atoms with van der Waals surface area (Å²) in [5.41, 5.74) is 0. The van der Waals surface area contributed by atoms with Gasteiger partial charge in [-0.3, -0.25) is 0 Å². The molecule has 0 aromatic carbocycles. The van der Waals surface area contributed by atoms with Gasteiger partial charge in [0.1, 0.15) is 0 Å². The summed E-state index contributed by atoms with van der Waals surface area (Å²) in [5.74, 6) is 0.142. The van der Waals surface area contributed by atoms with Gasteiger partial charge in [-0.05, 0) is 6.42 Å². The molecule has 0 spiro atoms. The molecule has 1 fully saturated rings. The maximum atomic E-state index is 9.41. The van der Waals surface area contributed by atoms with Gasteiger partial charge >= 0.3 is 0 Å². The van der Waals surface area contributed by atoms with E-state index in [9.17, 15) is 5.11 Å². The summed E-state index contributed by atoms with van der Waals surface area (Å²) in [6, 6.07) is 0. The molecular formula is C8H16O3. The fraction of sp³-hybridized carbons (Fsp3) is 1.00. The molecule has 11 heavy (non-hydrogen) atoms. The Morgan fingerprint density at radius 2 is 2.09 bits per heavy atom. The van der Waals surface area contributed by atoms with Crippen molar-refractivity contribution in [1.29, 1.82) is 0 Å². The second kappa shape index (κ2) is 3.52. The lowest BCUT2D eigenvalue weighted by Crippen LogP contribution is -2.42. The van der Waals surface area contributed by atoms with Crippen LogP contribution in [0.2, 0.25) is 0 Å². The molecule has 0 aliphatic carbocycles. The number of rotatable bonds is 1. The van der Waals surface area contributed by atoms with Gasteiger partial charge in [-0.15, -0.1) is 0 Å². The molecule has 1 aliphatic rings. The third-order valence-corrected chi connectivity index (χ3v) is 2.37. The second-order valence-corrected chi connectivity index (χ2v) is 3.20. The maximum absolute atomic E-state index is 9.41. The lowest BCUT2D eigenvalue weighted by molar-refractivity contribution is -0.211. The van der Waals surface area contributed by atoms with Crippen LogP contribution in [0.1, 0.15) is 26.7 Å². The zero-order chi connectivity index (χ0) is 8.43. The van der Waals surface area contributed by atoms with Crippen LogP contribution in [0, 0.1) is 5.92 Å². The van der Waals surface area contributed by atoms with E-state index in [1.807, 2.05) is 13.8 Å². The highest BCUT2D eigenvalue weighted by Gasteiger charge is 2.32. The first-order chi connectivity index (χ1) is 5.15. The number of ether oxygens (including phenoxy) is 1. The summed E-state index contributed by atoms with van der Waals surface area (Å²) in [5, 5.41) is 18.5. The molecule has 1 heterocycles. The van der Waals surface area contributed by atoms with E-state index in [4.69, 9.17) is 9.84 Å². The van der Waals surface area contributed by atoms with Crippen molar-refractivity contribution >= 4 is 0 Å². The van der Waals surface area contributed by atoms with Crippen molar-refractivity contribution in [2.24, 2.45) is 5.92 Å². The van der Waals surface area contributed by atoms with Gasteiger partial charge in [0, 0.05) is 12.3 Å². The standard InChI is InChI=1S/C8H16O3/c1-3-7-5(2)6(9)4-8(10)11-7/h5-10H,3-4H2,1-2H3/t5-,6-,7-,8?/m1/s1. The fourth-order valence-corrected chi connectivity index (χ4v) is 1.52. The van der Waals surface area contributed by atoms with Crippen molar-refractivity contribution in [1.82, 2.24) is 0 Å². The van der Waals surface area contributed by atoms with Gasteiger partial charge in [0.2, 0.25) is 0 Å². The van der Waals surface area contributed by atoms with E-state index in [1.165, 1.54) is 0 Å². The van der Waals surface area contributed by atoms with Crippen LogP contribution in [0.15, 0.2) is 0 Å². The van der Waals surface area contributed by atoms with Crippen LogP contribution >= 0.6 is 0 Å². The lowest BCUT2D eigenvalue weighted by atomic mass is 9.91. The normalized spacial score (nSPS) is 45.8. The Labute approximate surface area is 67.0 Å². The average molecular weight is 160 g/mol. The Hall–Kier alpha value is -0.120. The fourth-order valence-electron chi connectivity index (χ4n) is 1.52. The van der Waals surface area contributed by atoms with E-state index in [0.29, 0.717) is 6.42 Å². The van der Waals surface area contributed by atoms with Crippen molar-refractivity contribution in [3.8, 4) is 0 Å². The van der Waals surface area contributed by atoms with E-state index in [-0.39, 0.29) is 12.0 Å². The van der Waals surface area contributed by atoms with Gasteiger partial charge in [0.05, 0.1) is 12.2 Å². The molecule has 0 aromatic rings. The molecule has 0 amide bonds. The summed E-state index contributed by atoms with van der Waals surface area (Å²) in [6.45, 7) is 3.94. The zero-order valence-corrected chi connectivity index (χ0v) is 7.03. The van der Waals surface area contributed by atoms with Crippen LogP contribution in [0.25, 0.3) is 0 Å². The van der Waals surface area contributed by atoms with Gasteiger partial charge in [-0.1, -0.05) is 13.8 Å². The van der Waals surface area contributed by atoms with Crippen molar-refractivity contribution in [2.45, 2.75) is 45.2 Å². The summed E-state index contributed by atoms with van der Waals surface area (Å²) >= 11 is 0. The van der Waals surface area contributed by atoms with Crippen LogP contribution in [-0.4, -0.2) is 28.7 Å². The molecule has 0 radical (unpaired) electrons. The smallest absolute Gasteiger partial charge is 0.157 e. The predicted molar refractivity (Wildman–Crippen MR) is 41.0 cm³/mol. The van der Waals surface area contributed by atoms with E-state index in [1.54, 1.807) is 0 Å². The average Bonchev–Trinajstić information content (AvgIpc) is 1.96. The molecule has 1 aliphatic heterocycles. The summed E-state index contributed by atoms with van der Waals surface area (Å²) < 4.78 is 5.21. The molecule has 1 rings (SSSR count).